The average Bonchev–Trinajstić information content (AvgIpc) is 2.64. The molecule has 2 amide bonds. The van der Waals surface area contributed by atoms with Gasteiger partial charge in [-0.25, -0.2) is 0 Å². The molecule has 2 aliphatic heterocycles. The molecule has 3 N–H and O–H groups in total. The van der Waals surface area contributed by atoms with Crippen molar-refractivity contribution in [1.29, 1.82) is 0 Å². The summed E-state index contributed by atoms with van der Waals surface area (Å²) in [5.41, 5.74) is -2.36. The molecule has 1 unspecified atom stereocenters. The number of β-lactam (4-membered cyclic amide) rings is 1. The van der Waals surface area contributed by atoms with Crippen molar-refractivity contribution in [2.45, 2.75) is 11.4 Å². The highest BCUT2D eigenvalue weighted by Gasteiger charge is 2.60. The number of nitrogens with zero attached hydrogens (tertiary/aromatic N) is 2. The fourth-order valence-electron chi connectivity index (χ4n) is 2.91. The van der Waals surface area contributed by atoms with E-state index in [9.17, 15) is 39.5 Å². The van der Waals surface area contributed by atoms with E-state index in [1.807, 2.05) is 0 Å². The maximum Gasteiger partial charge on any atom is 0.323 e. The van der Waals surface area contributed by atoms with Crippen molar-refractivity contribution in [3.05, 3.63) is 39.9 Å². The summed E-state index contributed by atoms with van der Waals surface area (Å²) in [6, 6.07) is 4.04. The Hall–Kier alpha value is -3.15. The minimum atomic E-state index is -2.09. The van der Waals surface area contributed by atoms with E-state index < -0.39 is 52.1 Å². The number of fused-ring (bicyclic) bond motifs is 1. The van der Waals surface area contributed by atoms with Crippen LogP contribution in [0.25, 0.3) is 0 Å². The van der Waals surface area contributed by atoms with Crippen LogP contribution in [0.15, 0.2) is 24.3 Å². The molecule has 3 rings (SSSR count). The number of carbonyl (C=O) groups excluding carboxylic acids is 2. The van der Waals surface area contributed by atoms with Gasteiger partial charge in [0.2, 0.25) is 5.91 Å². The smallest absolute Gasteiger partial charge is 0.323 e. The van der Waals surface area contributed by atoms with Crippen LogP contribution >= 0.6 is 11.8 Å². The first-order valence-electron chi connectivity index (χ1n) is 7.61. The van der Waals surface area contributed by atoms with Crippen molar-refractivity contribution in [3.8, 4) is 0 Å². The molecule has 0 aromatic heterocycles. The first-order chi connectivity index (χ1) is 12.7. The van der Waals surface area contributed by atoms with Gasteiger partial charge in [-0.3, -0.25) is 29.3 Å². The van der Waals surface area contributed by atoms with Crippen LogP contribution < -0.4 is 5.32 Å². The molecule has 1 aromatic rings. The number of amides is 2. The highest BCUT2D eigenvalue weighted by molar-refractivity contribution is 8.00. The first-order valence-corrected chi connectivity index (χ1v) is 8.66. The third-order valence-electron chi connectivity index (χ3n) is 4.51. The Kier molecular flexibility index (Phi) is 4.51. The zero-order chi connectivity index (χ0) is 19.9. The number of nitrogens with one attached hydrogen (secondary N) is 1. The van der Waals surface area contributed by atoms with Crippen LogP contribution in [-0.4, -0.2) is 67.5 Å². The van der Waals surface area contributed by atoms with Crippen molar-refractivity contribution in [2.75, 3.05) is 12.3 Å². The second-order valence-electron chi connectivity index (χ2n) is 6.12. The van der Waals surface area contributed by atoms with Gasteiger partial charge < -0.3 is 20.4 Å². The summed E-state index contributed by atoms with van der Waals surface area (Å²) in [5, 5.41) is 31.2. The van der Waals surface area contributed by atoms with Crippen LogP contribution in [0.5, 0.6) is 0 Å². The fraction of sp³-hybridized carbons (Fsp3) is 0.333. The number of hydrogen-bond acceptors (Lipinski definition) is 7. The lowest BCUT2D eigenvalue weighted by Gasteiger charge is -2.52. The van der Waals surface area contributed by atoms with Gasteiger partial charge in [0.05, 0.1) is 4.92 Å². The number of nitro groups is 1. The minimum Gasteiger partial charge on any atom is -0.480 e. The second kappa shape index (κ2) is 6.54. The molecular formula is C15H13N3O8S. The molecule has 0 spiro atoms. The van der Waals surface area contributed by atoms with E-state index in [1.165, 1.54) is 18.2 Å². The summed E-state index contributed by atoms with van der Waals surface area (Å²) in [6.07, 6.45) is 0. The van der Waals surface area contributed by atoms with Crippen LogP contribution in [0.1, 0.15) is 10.4 Å². The van der Waals surface area contributed by atoms with Gasteiger partial charge in [-0.1, -0.05) is 6.07 Å². The monoisotopic (exact) mass is 395 g/mol. The summed E-state index contributed by atoms with van der Waals surface area (Å²) in [6.45, 7) is -0.489. The molecule has 2 fully saturated rings. The molecule has 0 radical (unpaired) electrons. The van der Waals surface area contributed by atoms with E-state index in [-0.39, 0.29) is 17.0 Å². The van der Waals surface area contributed by atoms with Gasteiger partial charge in [-0.2, -0.15) is 0 Å². The molecule has 2 aliphatic rings. The number of carboxylic acids is 2. The lowest BCUT2D eigenvalue weighted by Crippen LogP contribution is -2.74. The highest BCUT2D eigenvalue weighted by atomic mass is 32.2. The Bertz CT molecular complexity index is 858. The van der Waals surface area contributed by atoms with Gasteiger partial charge in [-0.05, 0) is 6.07 Å². The number of benzene rings is 1. The predicted octanol–water partition coefficient (Wildman–Crippen LogP) is -0.236. The topological polar surface area (TPSA) is 167 Å². The van der Waals surface area contributed by atoms with Crippen molar-refractivity contribution in [1.82, 2.24) is 10.2 Å². The highest BCUT2D eigenvalue weighted by Crippen LogP contribution is 2.42. The third-order valence-corrected chi connectivity index (χ3v) is 6.03. The van der Waals surface area contributed by atoms with Crippen LogP contribution in [0.2, 0.25) is 0 Å². The van der Waals surface area contributed by atoms with Gasteiger partial charge in [-0.15, -0.1) is 11.8 Å². The molecule has 1 aromatic carbocycles. The minimum absolute atomic E-state index is 0.00155. The quantitative estimate of drug-likeness (QED) is 0.264. The summed E-state index contributed by atoms with van der Waals surface area (Å²) in [4.78, 5) is 58.6. The molecule has 12 heteroatoms. The number of non-ortho nitro benzene ring substituents is 1. The number of carboxylic acid groups (broad SMARTS) is 2. The van der Waals surface area contributed by atoms with E-state index in [1.54, 1.807) is 0 Å². The number of rotatable bonds is 5. The van der Waals surface area contributed by atoms with E-state index in [4.69, 9.17) is 0 Å². The van der Waals surface area contributed by atoms with Gasteiger partial charge in [0, 0.05) is 30.0 Å². The summed E-state index contributed by atoms with van der Waals surface area (Å²) in [7, 11) is 0. The number of thioether (sulfide) groups is 1. The summed E-state index contributed by atoms with van der Waals surface area (Å²) >= 11 is 0.954. The molecule has 142 valence electrons. The Morgan fingerprint density at radius 3 is 2.56 bits per heavy atom. The van der Waals surface area contributed by atoms with Crippen molar-refractivity contribution < 1.29 is 34.3 Å². The molecule has 11 nitrogen and oxygen atoms in total. The van der Waals surface area contributed by atoms with Gasteiger partial charge in [0.15, 0.2) is 5.41 Å². The summed E-state index contributed by atoms with van der Waals surface area (Å²) in [5.74, 6) is -4.60. The first kappa shape index (κ1) is 18.6. The zero-order valence-corrected chi connectivity index (χ0v) is 14.3. The molecule has 0 saturated carbocycles. The number of nitro benzene ring substituents is 1. The Morgan fingerprint density at radius 1 is 1.30 bits per heavy atom. The van der Waals surface area contributed by atoms with E-state index in [0.717, 1.165) is 22.7 Å². The number of hydrogen-bond donors (Lipinski definition) is 3. The Balaban J connectivity index is 1.72. The van der Waals surface area contributed by atoms with Crippen molar-refractivity contribution in [2.24, 2.45) is 5.41 Å². The van der Waals surface area contributed by atoms with Gasteiger partial charge in [0.1, 0.15) is 11.4 Å². The number of carbonyl (C=O) groups is 4. The molecule has 27 heavy (non-hydrogen) atoms. The van der Waals surface area contributed by atoms with Crippen molar-refractivity contribution >= 4 is 41.2 Å². The predicted molar refractivity (Wildman–Crippen MR) is 90.0 cm³/mol. The molecule has 2 heterocycles. The van der Waals surface area contributed by atoms with E-state index in [0.29, 0.717) is 0 Å². The zero-order valence-electron chi connectivity index (χ0n) is 13.5. The maximum atomic E-state index is 12.3. The van der Waals surface area contributed by atoms with E-state index >= 15 is 0 Å². The molecular weight excluding hydrogens is 382 g/mol. The van der Waals surface area contributed by atoms with E-state index in [2.05, 4.69) is 5.32 Å². The molecule has 0 bridgehead atoms. The molecule has 2 saturated heterocycles. The largest absolute Gasteiger partial charge is 0.480 e. The lowest BCUT2D eigenvalue weighted by molar-refractivity contribution is -0.384. The van der Waals surface area contributed by atoms with Gasteiger partial charge >= 0.3 is 11.9 Å². The van der Waals surface area contributed by atoms with Crippen LogP contribution in [0, 0.1) is 15.5 Å². The summed E-state index contributed by atoms with van der Waals surface area (Å²) < 4.78 is 0. The van der Waals surface area contributed by atoms with Gasteiger partial charge in [0.25, 0.3) is 11.6 Å². The normalized spacial score (nSPS) is 23.0. The van der Waals surface area contributed by atoms with Crippen LogP contribution in [0.3, 0.4) is 0 Å². The third kappa shape index (κ3) is 2.97. The molecule has 2 atom stereocenters. The number of aliphatic carboxylic acids is 2. The average molecular weight is 395 g/mol. The Labute approximate surface area is 155 Å². The SMILES string of the molecule is O=C(NC1C(=O)N2CC(C(=O)O)(C(=O)O)CS[C@H]12)c1cccc([N+](=O)[O-])c1. The Morgan fingerprint density at radius 2 is 1.96 bits per heavy atom. The maximum absolute atomic E-state index is 12.3. The van der Waals surface area contributed by atoms with Crippen LogP contribution in [-0.2, 0) is 14.4 Å². The van der Waals surface area contributed by atoms with Crippen LogP contribution in [0.4, 0.5) is 5.69 Å². The van der Waals surface area contributed by atoms with Crippen molar-refractivity contribution in [3.63, 3.8) is 0 Å². The molecule has 0 aliphatic carbocycles. The lowest BCUT2D eigenvalue weighted by atomic mass is 9.87. The standard InChI is InChI=1S/C15H13N3O8S/c19-10(7-2-1-3-8(4-7)18(25)26)16-9-11(20)17-5-15(13(21)22,14(23)24)6-27-12(9)17/h1-4,9,12H,5-6H2,(H,16,19)(H,21,22)(H,23,24)/t9?,12-/m1/s1. The second-order valence-corrected chi connectivity index (χ2v) is 7.22. The fourth-order valence-corrected chi connectivity index (χ4v) is 4.44.